The Morgan fingerprint density at radius 2 is 2.07 bits per heavy atom. The van der Waals surface area contributed by atoms with Gasteiger partial charge in [-0.15, -0.1) is 0 Å². The second-order valence-electron chi connectivity index (χ2n) is 3.42. The molecule has 0 saturated carbocycles. The van der Waals surface area contributed by atoms with Crippen molar-refractivity contribution >= 4 is 16.8 Å². The molecule has 1 amide bonds. The van der Waals surface area contributed by atoms with Gasteiger partial charge < -0.3 is 5.32 Å². The number of para-hydroxylation sites is 1. The topological polar surface area (TPSA) is 42.0 Å². The zero-order chi connectivity index (χ0) is 10.8. The van der Waals surface area contributed by atoms with Crippen molar-refractivity contribution in [1.29, 1.82) is 0 Å². The summed E-state index contributed by atoms with van der Waals surface area (Å²) in [4.78, 5) is 15.7. The molecule has 1 aromatic heterocycles. The molecule has 0 spiro atoms. The van der Waals surface area contributed by atoms with Crippen molar-refractivity contribution in [3.63, 3.8) is 0 Å². The van der Waals surface area contributed by atoms with E-state index >= 15 is 0 Å². The minimum Gasteiger partial charge on any atom is -0.354 e. The van der Waals surface area contributed by atoms with Crippen molar-refractivity contribution in [2.45, 2.75) is 6.92 Å². The Balaban J connectivity index is 2.67. The van der Waals surface area contributed by atoms with Crippen molar-refractivity contribution in [2.24, 2.45) is 0 Å². The van der Waals surface area contributed by atoms with E-state index in [0.717, 1.165) is 16.5 Å². The highest BCUT2D eigenvalue weighted by Crippen LogP contribution is 2.16. The van der Waals surface area contributed by atoms with Crippen molar-refractivity contribution in [2.75, 3.05) is 7.05 Å². The van der Waals surface area contributed by atoms with Crippen LogP contribution < -0.4 is 5.32 Å². The van der Waals surface area contributed by atoms with Gasteiger partial charge in [0, 0.05) is 12.4 Å². The number of nitrogens with zero attached hydrogens (tertiary/aromatic N) is 1. The van der Waals surface area contributed by atoms with Gasteiger partial charge in [-0.1, -0.05) is 18.2 Å². The maximum absolute atomic E-state index is 11.4. The highest BCUT2D eigenvalue weighted by molar-refractivity contribution is 5.95. The molecule has 3 nitrogen and oxygen atoms in total. The molecule has 3 heteroatoms. The van der Waals surface area contributed by atoms with Gasteiger partial charge in [0.2, 0.25) is 0 Å². The number of rotatable bonds is 1. The highest BCUT2D eigenvalue weighted by Gasteiger charge is 2.07. The van der Waals surface area contributed by atoms with Crippen LogP contribution in [0.5, 0.6) is 0 Å². The minimum absolute atomic E-state index is 0.149. The van der Waals surface area contributed by atoms with E-state index in [-0.39, 0.29) is 5.91 Å². The van der Waals surface area contributed by atoms with Crippen LogP contribution in [0.1, 0.15) is 16.1 Å². The maximum atomic E-state index is 11.4. The molecular weight excluding hydrogens is 188 g/mol. The second kappa shape index (κ2) is 3.69. The Kier molecular flexibility index (Phi) is 2.37. The number of aromatic nitrogens is 1. The molecule has 0 aliphatic carbocycles. The third kappa shape index (κ3) is 1.68. The zero-order valence-corrected chi connectivity index (χ0v) is 8.74. The van der Waals surface area contributed by atoms with Gasteiger partial charge >= 0.3 is 0 Å². The summed E-state index contributed by atoms with van der Waals surface area (Å²) in [5.74, 6) is -0.149. The van der Waals surface area contributed by atoms with Crippen LogP contribution in [0, 0.1) is 6.92 Å². The van der Waals surface area contributed by atoms with Crippen LogP contribution in [0.2, 0.25) is 0 Å². The van der Waals surface area contributed by atoms with Gasteiger partial charge in [0.1, 0.15) is 5.69 Å². The van der Waals surface area contributed by atoms with E-state index in [9.17, 15) is 4.79 Å². The Morgan fingerprint density at radius 3 is 2.80 bits per heavy atom. The number of amides is 1. The molecule has 1 N–H and O–H groups in total. The number of carbonyl (C=O) groups excluding carboxylic acids is 1. The standard InChI is InChI=1S/C12H12N2O/c1-8-7-11(12(15)13-2)14-10-6-4-3-5-9(8)10/h3-7H,1-2H3,(H,13,15). The van der Waals surface area contributed by atoms with Gasteiger partial charge in [-0.3, -0.25) is 4.79 Å². The van der Waals surface area contributed by atoms with Gasteiger partial charge in [0.25, 0.3) is 5.91 Å². The van der Waals surface area contributed by atoms with Gasteiger partial charge in [0.15, 0.2) is 0 Å². The van der Waals surface area contributed by atoms with E-state index in [1.165, 1.54) is 0 Å². The first-order valence-corrected chi connectivity index (χ1v) is 4.81. The van der Waals surface area contributed by atoms with Crippen LogP contribution in [-0.4, -0.2) is 17.9 Å². The molecular formula is C12H12N2O. The van der Waals surface area contributed by atoms with E-state index in [2.05, 4.69) is 10.3 Å². The summed E-state index contributed by atoms with van der Waals surface area (Å²) < 4.78 is 0. The molecule has 1 heterocycles. The molecule has 0 saturated heterocycles. The van der Waals surface area contributed by atoms with Crippen LogP contribution in [0.3, 0.4) is 0 Å². The van der Waals surface area contributed by atoms with Gasteiger partial charge in [0.05, 0.1) is 5.52 Å². The number of aryl methyl sites for hydroxylation is 1. The summed E-state index contributed by atoms with van der Waals surface area (Å²) in [5, 5.41) is 3.66. The summed E-state index contributed by atoms with van der Waals surface area (Å²) >= 11 is 0. The van der Waals surface area contributed by atoms with Crippen molar-refractivity contribution in [3.8, 4) is 0 Å². The summed E-state index contributed by atoms with van der Waals surface area (Å²) in [7, 11) is 1.61. The number of carbonyl (C=O) groups is 1. The first-order valence-electron chi connectivity index (χ1n) is 4.81. The average molecular weight is 200 g/mol. The van der Waals surface area contributed by atoms with E-state index in [0.29, 0.717) is 5.69 Å². The molecule has 0 aliphatic rings. The molecule has 0 atom stereocenters. The zero-order valence-electron chi connectivity index (χ0n) is 8.74. The summed E-state index contributed by atoms with van der Waals surface area (Å²) in [5.41, 5.74) is 2.39. The third-order valence-corrected chi connectivity index (χ3v) is 2.38. The van der Waals surface area contributed by atoms with Gasteiger partial charge in [-0.25, -0.2) is 4.98 Å². The number of hydrogen-bond donors (Lipinski definition) is 1. The van der Waals surface area contributed by atoms with E-state index in [1.807, 2.05) is 31.2 Å². The van der Waals surface area contributed by atoms with Crippen LogP contribution in [-0.2, 0) is 0 Å². The Hall–Kier alpha value is -1.90. The predicted molar refractivity (Wildman–Crippen MR) is 59.9 cm³/mol. The monoisotopic (exact) mass is 200 g/mol. The Morgan fingerprint density at radius 1 is 1.33 bits per heavy atom. The molecule has 0 fully saturated rings. The average Bonchev–Trinajstić information content (AvgIpc) is 2.28. The van der Waals surface area contributed by atoms with Crippen molar-refractivity contribution in [3.05, 3.63) is 41.6 Å². The van der Waals surface area contributed by atoms with E-state index < -0.39 is 0 Å². The molecule has 0 aliphatic heterocycles. The Labute approximate surface area is 88.1 Å². The van der Waals surface area contributed by atoms with Crippen LogP contribution in [0.15, 0.2) is 30.3 Å². The SMILES string of the molecule is CNC(=O)c1cc(C)c2ccccc2n1. The fraction of sp³-hybridized carbons (Fsp3) is 0.167. The number of hydrogen-bond acceptors (Lipinski definition) is 2. The van der Waals surface area contributed by atoms with Gasteiger partial charge in [-0.2, -0.15) is 0 Å². The minimum atomic E-state index is -0.149. The lowest BCUT2D eigenvalue weighted by atomic mass is 10.1. The second-order valence-corrected chi connectivity index (χ2v) is 3.42. The predicted octanol–water partition coefficient (Wildman–Crippen LogP) is 1.90. The Bertz CT molecular complexity index is 520. The molecule has 0 unspecified atom stereocenters. The number of pyridine rings is 1. The molecule has 76 valence electrons. The third-order valence-electron chi connectivity index (χ3n) is 2.38. The van der Waals surface area contributed by atoms with Crippen molar-refractivity contribution in [1.82, 2.24) is 10.3 Å². The number of benzene rings is 1. The number of nitrogens with one attached hydrogen (secondary N) is 1. The molecule has 2 aromatic rings. The quantitative estimate of drug-likeness (QED) is 0.764. The van der Waals surface area contributed by atoms with Gasteiger partial charge in [-0.05, 0) is 24.6 Å². The lowest BCUT2D eigenvalue weighted by Gasteiger charge is -2.04. The van der Waals surface area contributed by atoms with Crippen LogP contribution in [0.25, 0.3) is 10.9 Å². The molecule has 2 rings (SSSR count). The fourth-order valence-electron chi connectivity index (χ4n) is 1.59. The van der Waals surface area contributed by atoms with E-state index in [4.69, 9.17) is 0 Å². The number of fused-ring (bicyclic) bond motifs is 1. The van der Waals surface area contributed by atoms with Crippen LogP contribution >= 0.6 is 0 Å². The first kappa shape index (κ1) is 9.65. The largest absolute Gasteiger partial charge is 0.354 e. The summed E-state index contributed by atoms with van der Waals surface area (Å²) in [6.45, 7) is 1.98. The lowest BCUT2D eigenvalue weighted by Crippen LogP contribution is -2.19. The fourth-order valence-corrected chi connectivity index (χ4v) is 1.59. The molecule has 0 bridgehead atoms. The van der Waals surface area contributed by atoms with Crippen LogP contribution in [0.4, 0.5) is 0 Å². The smallest absolute Gasteiger partial charge is 0.269 e. The van der Waals surface area contributed by atoms with Crippen molar-refractivity contribution < 1.29 is 4.79 Å². The summed E-state index contributed by atoms with van der Waals surface area (Å²) in [6, 6.07) is 9.61. The normalized spacial score (nSPS) is 10.3. The molecule has 1 aromatic carbocycles. The van der Waals surface area contributed by atoms with E-state index in [1.54, 1.807) is 13.1 Å². The first-order chi connectivity index (χ1) is 7.22. The summed E-state index contributed by atoms with van der Waals surface area (Å²) in [6.07, 6.45) is 0. The molecule has 0 radical (unpaired) electrons. The highest BCUT2D eigenvalue weighted by atomic mass is 16.1. The maximum Gasteiger partial charge on any atom is 0.269 e. The lowest BCUT2D eigenvalue weighted by molar-refractivity contribution is 0.0958. The molecule has 15 heavy (non-hydrogen) atoms.